The molecule has 1 atom stereocenters. The van der Waals surface area contributed by atoms with E-state index in [2.05, 4.69) is 25.5 Å². The van der Waals surface area contributed by atoms with Gasteiger partial charge in [0.2, 0.25) is 0 Å². The number of carbonyl (C=O) groups is 3. The molecule has 4 rings (SSSR count). The van der Waals surface area contributed by atoms with Crippen LogP contribution in [0.15, 0.2) is 36.5 Å². The second-order valence-corrected chi connectivity index (χ2v) is 6.52. The maximum atomic E-state index is 13.0. The average molecular weight is 382 g/mol. The number of carboxylic acids is 1. The van der Waals surface area contributed by atoms with Crippen LogP contribution in [0.5, 0.6) is 0 Å². The first-order valence-corrected chi connectivity index (χ1v) is 8.80. The highest BCUT2D eigenvalue weighted by Crippen LogP contribution is 2.39. The van der Waals surface area contributed by atoms with Crippen LogP contribution >= 0.6 is 0 Å². The number of amides is 3. The minimum atomic E-state index is -1.15. The molecule has 0 radical (unpaired) electrons. The molecule has 10 heteroatoms. The Morgan fingerprint density at radius 2 is 2.07 bits per heavy atom. The van der Waals surface area contributed by atoms with Gasteiger partial charge in [0.1, 0.15) is 18.1 Å². The lowest BCUT2D eigenvalue weighted by molar-refractivity contribution is -0.135. The summed E-state index contributed by atoms with van der Waals surface area (Å²) in [5, 5.41) is 13.8. The van der Waals surface area contributed by atoms with Gasteiger partial charge >= 0.3 is 12.0 Å². The van der Waals surface area contributed by atoms with E-state index in [-0.39, 0.29) is 17.8 Å². The molecule has 0 spiro atoms. The van der Waals surface area contributed by atoms with E-state index in [1.54, 1.807) is 35.4 Å². The highest BCUT2D eigenvalue weighted by atomic mass is 16.4. The Labute approximate surface area is 160 Å². The predicted molar refractivity (Wildman–Crippen MR) is 101 cm³/mol. The molecule has 28 heavy (non-hydrogen) atoms. The van der Waals surface area contributed by atoms with Crippen molar-refractivity contribution >= 4 is 35.2 Å². The quantitative estimate of drug-likeness (QED) is 0.717. The molecule has 0 saturated carbocycles. The SMILES string of the molecule is O=C(O)CNC(=O)c1ccc2c(n1)N(C(=O)Nc1ccccn1)[C@H]1CCN2C1. The van der Waals surface area contributed by atoms with E-state index in [1.165, 1.54) is 6.07 Å². The fourth-order valence-corrected chi connectivity index (χ4v) is 3.45. The van der Waals surface area contributed by atoms with Crippen LogP contribution in [-0.4, -0.2) is 58.7 Å². The second kappa shape index (κ2) is 7.14. The van der Waals surface area contributed by atoms with Gasteiger partial charge in [-0.05, 0) is 30.7 Å². The molecule has 1 fully saturated rings. The second-order valence-electron chi connectivity index (χ2n) is 6.52. The summed E-state index contributed by atoms with van der Waals surface area (Å²) in [6, 6.07) is 8.04. The third kappa shape index (κ3) is 3.31. The number of aliphatic carboxylic acids is 1. The van der Waals surface area contributed by atoms with Gasteiger partial charge in [0.05, 0.1) is 11.7 Å². The van der Waals surface area contributed by atoms with Gasteiger partial charge in [-0.3, -0.25) is 19.8 Å². The van der Waals surface area contributed by atoms with Gasteiger partial charge in [-0.15, -0.1) is 0 Å². The number of fused-ring (bicyclic) bond motifs is 4. The van der Waals surface area contributed by atoms with Crippen molar-refractivity contribution in [2.75, 3.05) is 34.8 Å². The van der Waals surface area contributed by atoms with Crippen molar-refractivity contribution in [2.45, 2.75) is 12.5 Å². The summed E-state index contributed by atoms with van der Waals surface area (Å²) in [6.45, 7) is 0.975. The summed E-state index contributed by atoms with van der Waals surface area (Å²) in [5.41, 5.74) is 0.817. The van der Waals surface area contributed by atoms with Crippen molar-refractivity contribution in [3.8, 4) is 0 Å². The van der Waals surface area contributed by atoms with Gasteiger partial charge in [-0.25, -0.2) is 14.8 Å². The number of carbonyl (C=O) groups excluding carboxylic acids is 2. The third-order valence-electron chi connectivity index (χ3n) is 4.70. The molecule has 144 valence electrons. The molecule has 0 aliphatic carbocycles. The maximum Gasteiger partial charge on any atom is 0.329 e. The fourth-order valence-electron chi connectivity index (χ4n) is 3.45. The molecule has 2 aliphatic rings. The molecular weight excluding hydrogens is 364 g/mol. The summed E-state index contributed by atoms with van der Waals surface area (Å²) in [7, 11) is 0. The van der Waals surface area contributed by atoms with Crippen LogP contribution in [0.1, 0.15) is 16.9 Å². The first-order valence-electron chi connectivity index (χ1n) is 8.80. The van der Waals surface area contributed by atoms with Crippen LogP contribution in [0.25, 0.3) is 0 Å². The Balaban J connectivity index is 1.64. The fraction of sp³-hybridized carbons (Fsp3) is 0.278. The molecule has 4 heterocycles. The van der Waals surface area contributed by atoms with Crippen molar-refractivity contribution in [3.05, 3.63) is 42.2 Å². The molecule has 2 aromatic rings. The highest BCUT2D eigenvalue weighted by Gasteiger charge is 2.40. The largest absolute Gasteiger partial charge is 0.480 e. The number of pyridine rings is 2. The summed E-state index contributed by atoms with van der Waals surface area (Å²) in [6.07, 6.45) is 2.37. The molecule has 2 aliphatic heterocycles. The number of carboxylic acid groups (broad SMARTS) is 1. The number of hydrogen-bond donors (Lipinski definition) is 3. The molecule has 0 unspecified atom stereocenters. The number of aromatic nitrogens is 2. The van der Waals surface area contributed by atoms with Gasteiger partial charge in [0.25, 0.3) is 5.91 Å². The van der Waals surface area contributed by atoms with Crippen molar-refractivity contribution in [2.24, 2.45) is 0 Å². The lowest BCUT2D eigenvalue weighted by atomic mass is 10.1. The topological polar surface area (TPSA) is 128 Å². The standard InChI is InChI=1S/C18H18N6O4/c25-15(26)9-20-17(27)12-4-5-13-16(21-12)24(11-6-8-23(13)10-11)18(28)22-14-3-1-2-7-19-14/h1-5,7,11H,6,8-10H2,(H,20,27)(H,25,26)(H,19,22,28)/t11-/m0/s1. The van der Waals surface area contributed by atoms with Gasteiger partial charge in [0.15, 0.2) is 5.82 Å². The van der Waals surface area contributed by atoms with Crippen LogP contribution in [-0.2, 0) is 4.79 Å². The van der Waals surface area contributed by atoms with E-state index in [4.69, 9.17) is 5.11 Å². The molecule has 2 aromatic heterocycles. The third-order valence-corrected chi connectivity index (χ3v) is 4.70. The van der Waals surface area contributed by atoms with E-state index in [1.807, 2.05) is 0 Å². The minimum absolute atomic E-state index is 0.0538. The van der Waals surface area contributed by atoms with Crippen LogP contribution in [0.2, 0.25) is 0 Å². The molecular formula is C18H18N6O4. The van der Waals surface area contributed by atoms with E-state index in [9.17, 15) is 14.4 Å². The Hall–Kier alpha value is -3.69. The zero-order valence-corrected chi connectivity index (χ0v) is 14.8. The maximum absolute atomic E-state index is 13.0. The molecule has 1 saturated heterocycles. The molecule has 2 bridgehead atoms. The molecule has 3 amide bonds. The lowest BCUT2D eigenvalue weighted by Crippen LogP contribution is -2.48. The van der Waals surface area contributed by atoms with Gasteiger partial charge in [-0.1, -0.05) is 6.07 Å². The summed E-state index contributed by atoms with van der Waals surface area (Å²) in [4.78, 5) is 48.0. The van der Waals surface area contributed by atoms with Crippen LogP contribution in [0.4, 0.5) is 22.1 Å². The van der Waals surface area contributed by atoms with Crippen molar-refractivity contribution in [3.63, 3.8) is 0 Å². The number of nitrogens with zero attached hydrogens (tertiary/aromatic N) is 4. The van der Waals surface area contributed by atoms with Crippen molar-refractivity contribution in [1.29, 1.82) is 0 Å². The number of urea groups is 1. The van der Waals surface area contributed by atoms with E-state index < -0.39 is 18.4 Å². The number of hydrogen-bond acceptors (Lipinski definition) is 6. The highest BCUT2D eigenvalue weighted by molar-refractivity contribution is 6.05. The van der Waals surface area contributed by atoms with Crippen molar-refractivity contribution < 1.29 is 19.5 Å². The molecule has 0 aromatic carbocycles. The number of nitrogens with one attached hydrogen (secondary N) is 2. The first-order chi connectivity index (χ1) is 13.5. The predicted octanol–water partition coefficient (Wildman–Crippen LogP) is 0.922. The Morgan fingerprint density at radius 3 is 2.82 bits per heavy atom. The normalized spacial score (nSPS) is 17.1. The summed E-state index contributed by atoms with van der Waals surface area (Å²) >= 11 is 0. The Bertz CT molecular complexity index is 935. The van der Waals surface area contributed by atoms with Gasteiger partial charge in [-0.2, -0.15) is 0 Å². The average Bonchev–Trinajstić information content (AvgIpc) is 3.11. The zero-order chi connectivity index (χ0) is 19.7. The van der Waals surface area contributed by atoms with E-state index in [0.717, 1.165) is 18.7 Å². The van der Waals surface area contributed by atoms with Crippen LogP contribution < -0.4 is 20.4 Å². The van der Waals surface area contributed by atoms with Gasteiger partial charge < -0.3 is 15.3 Å². The lowest BCUT2D eigenvalue weighted by Gasteiger charge is -2.35. The molecule has 10 nitrogen and oxygen atoms in total. The van der Waals surface area contributed by atoms with E-state index >= 15 is 0 Å². The van der Waals surface area contributed by atoms with Gasteiger partial charge in [0, 0.05) is 19.3 Å². The number of anilines is 3. The van der Waals surface area contributed by atoms with Crippen LogP contribution in [0, 0.1) is 0 Å². The monoisotopic (exact) mass is 382 g/mol. The Kier molecular flexibility index (Phi) is 4.52. The summed E-state index contributed by atoms with van der Waals surface area (Å²) < 4.78 is 0. The zero-order valence-electron chi connectivity index (χ0n) is 14.8. The first kappa shape index (κ1) is 17.7. The van der Waals surface area contributed by atoms with Crippen LogP contribution in [0.3, 0.4) is 0 Å². The Morgan fingerprint density at radius 1 is 1.21 bits per heavy atom. The number of rotatable bonds is 4. The van der Waals surface area contributed by atoms with Crippen molar-refractivity contribution in [1.82, 2.24) is 15.3 Å². The smallest absolute Gasteiger partial charge is 0.329 e. The molecule has 3 N–H and O–H groups in total. The minimum Gasteiger partial charge on any atom is -0.480 e. The van der Waals surface area contributed by atoms with E-state index in [0.29, 0.717) is 18.2 Å². The summed E-state index contributed by atoms with van der Waals surface area (Å²) in [5.74, 6) is -0.954.